The molecule has 5 heteroatoms. The molecule has 0 spiro atoms. The molecule has 4 nitrogen and oxygen atoms in total. The molecule has 0 fully saturated rings. The number of hydrogen-bond donors (Lipinski definition) is 0. The Bertz CT molecular complexity index is 959. The molecule has 35 heavy (non-hydrogen) atoms. The summed E-state index contributed by atoms with van der Waals surface area (Å²) in [4.78, 5) is 9.10. The van der Waals surface area contributed by atoms with Crippen LogP contribution in [-0.4, -0.2) is 29.4 Å². The maximum absolute atomic E-state index is 13.3. The summed E-state index contributed by atoms with van der Waals surface area (Å²) in [6.07, 6.45) is 13.3. The van der Waals surface area contributed by atoms with Crippen LogP contribution in [0.4, 0.5) is 4.39 Å². The van der Waals surface area contributed by atoms with E-state index in [0.29, 0.717) is 11.6 Å². The number of alkyl halides is 1. The molecule has 1 atom stereocenters. The van der Waals surface area contributed by atoms with Crippen molar-refractivity contribution in [3.05, 3.63) is 60.9 Å². The third-order valence-electron chi connectivity index (χ3n) is 6.07. The zero-order valence-electron chi connectivity index (χ0n) is 21.2. The molecular formula is C30H39FN2O2. The van der Waals surface area contributed by atoms with Crippen LogP contribution in [0.25, 0.3) is 22.5 Å². The Labute approximate surface area is 209 Å². The number of aromatic nitrogens is 2. The predicted octanol–water partition coefficient (Wildman–Crippen LogP) is 8.46. The molecule has 0 aliphatic heterocycles. The standard InChI is InChI=1S/C30H39FN2O2/c1-3-5-7-9-11-29(21-31)35-28-18-12-24(13-19-28)26-22-32-30(33-23-26)25-14-16-27(17-15-25)34-20-10-8-6-4-2/h12-19,22-23,29H,3-11,20-21H2,1-2H3. The number of nitrogens with zero attached hydrogens (tertiary/aromatic N) is 2. The van der Waals surface area contributed by atoms with Crippen molar-refractivity contribution in [2.45, 2.75) is 77.7 Å². The van der Waals surface area contributed by atoms with Gasteiger partial charge >= 0.3 is 0 Å². The Morgan fingerprint density at radius 3 is 1.91 bits per heavy atom. The minimum Gasteiger partial charge on any atom is -0.494 e. The molecule has 1 heterocycles. The molecule has 3 aromatic rings. The highest BCUT2D eigenvalue weighted by Gasteiger charge is 2.11. The van der Waals surface area contributed by atoms with Gasteiger partial charge < -0.3 is 9.47 Å². The maximum atomic E-state index is 13.3. The van der Waals surface area contributed by atoms with Crippen molar-refractivity contribution in [3.8, 4) is 34.0 Å². The molecule has 0 radical (unpaired) electrons. The van der Waals surface area contributed by atoms with Crippen LogP contribution < -0.4 is 9.47 Å². The topological polar surface area (TPSA) is 44.2 Å². The molecule has 0 N–H and O–H groups in total. The van der Waals surface area contributed by atoms with E-state index in [2.05, 4.69) is 23.8 Å². The smallest absolute Gasteiger partial charge is 0.159 e. The van der Waals surface area contributed by atoms with E-state index in [4.69, 9.17) is 9.47 Å². The summed E-state index contributed by atoms with van der Waals surface area (Å²) in [5.41, 5.74) is 2.87. The van der Waals surface area contributed by atoms with Crippen LogP contribution in [0.2, 0.25) is 0 Å². The Morgan fingerprint density at radius 2 is 1.29 bits per heavy atom. The van der Waals surface area contributed by atoms with Gasteiger partial charge in [0.15, 0.2) is 5.82 Å². The SMILES string of the molecule is CCCCCCOc1ccc(-c2ncc(-c3ccc(OC(CF)CCCCCC)cc3)cn2)cc1. The third kappa shape index (κ3) is 8.97. The van der Waals surface area contributed by atoms with Gasteiger partial charge in [-0.25, -0.2) is 14.4 Å². The van der Waals surface area contributed by atoms with E-state index in [9.17, 15) is 4.39 Å². The lowest BCUT2D eigenvalue weighted by Crippen LogP contribution is -2.18. The summed E-state index contributed by atoms with van der Waals surface area (Å²) in [6, 6.07) is 15.6. The largest absolute Gasteiger partial charge is 0.494 e. The molecule has 0 aliphatic rings. The number of halogens is 1. The number of rotatable bonds is 16. The lowest BCUT2D eigenvalue weighted by molar-refractivity contribution is 0.152. The minimum atomic E-state index is -0.463. The molecular weight excluding hydrogens is 439 g/mol. The Kier molecular flexibility index (Phi) is 11.5. The summed E-state index contributed by atoms with van der Waals surface area (Å²) in [5.74, 6) is 2.24. The molecule has 3 rings (SSSR count). The first-order chi connectivity index (χ1) is 17.2. The van der Waals surface area contributed by atoms with Crippen LogP contribution in [0.3, 0.4) is 0 Å². The summed E-state index contributed by atoms with van der Waals surface area (Å²) in [7, 11) is 0. The van der Waals surface area contributed by atoms with Gasteiger partial charge in [0.1, 0.15) is 24.3 Å². The zero-order valence-corrected chi connectivity index (χ0v) is 21.2. The number of unbranched alkanes of at least 4 members (excludes halogenated alkanes) is 6. The molecule has 1 aromatic heterocycles. The molecule has 0 amide bonds. The van der Waals surface area contributed by atoms with Gasteiger partial charge in [0.25, 0.3) is 0 Å². The average Bonchev–Trinajstić information content (AvgIpc) is 2.91. The first-order valence-electron chi connectivity index (χ1n) is 13.1. The van der Waals surface area contributed by atoms with Crippen molar-refractivity contribution in [3.63, 3.8) is 0 Å². The van der Waals surface area contributed by atoms with Crippen LogP contribution >= 0.6 is 0 Å². The molecule has 2 aromatic carbocycles. The van der Waals surface area contributed by atoms with E-state index in [-0.39, 0.29) is 6.10 Å². The van der Waals surface area contributed by atoms with Crippen molar-refractivity contribution >= 4 is 0 Å². The second-order valence-corrected chi connectivity index (χ2v) is 9.00. The molecule has 0 bridgehead atoms. The Hall–Kier alpha value is -2.95. The van der Waals surface area contributed by atoms with Gasteiger partial charge in [-0.15, -0.1) is 0 Å². The van der Waals surface area contributed by atoms with Gasteiger partial charge in [-0.05, 0) is 61.2 Å². The molecule has 0 aliphatic carbocycles. The predicted molar refractivity (Wildman–Crippen MR) is 142 cm³/mol. The summed E-state index contributed by atoms with van der Waals surface area (Å²) < 4.78 is 25.0. The van der Waals surface area contributed by atoms with E-state index in [1.807, 2.05) is 60.9 Å². The van der Waals surface area contributed by atoms with Crippen molar-refractivity contribution in [2.75, 3.05) is 13.3 Å². The van der Waals surface area contributed by atoms with Crippen LogP contribution in [0.1, 0.15) is 71.6 Å². The monoisotopic (exact) mass is 478 g/mol. The number of hydrogen-bond acceptors (Lipinski definition) is 4. The number of benzene rings is 2. The third-order valence-corrected chi connectivity index (χ3v) is 6.07. The first-order valence-corrected chi connectivity index (χ1v) is 13.1. The van der Waals surface area contributed by atoms with Crippen molar-refractivity contribution in [1.29, 1.82) is 0 Å². The van der Waals surface area contributed by atoms with Gasteiger partial charge in [-0.1, -0.05) is 64.5 Å². The van der Waals surface area contributed by atoms with Gasteiger partial charge in [0.05, 0.1) is 6.61 Å². The zero-order chi connectivity index (χ0) is 24.7. The van der Waals surface area contributed by atoms with Crippen LogP contribution in [0.5, 0.6) is 11.5 Å². The Morgan fingerprint density at radius 1 is 0.686 bits per heavy atom. The van der Waals surface area contributed by atoms with E-state index in [1.165, 1.54) is 32.1 Å². The Balaban J connectivity index is 1.52. The van der Waals surface area contributed by atoms with Gasteiger partial charge in [-0.2, -0.15) is 0 Å². The normalized spacial score (nSPS) is 11.9. The number of ether oxygens (including phenoxy) is 2. The van der Waals surface area contributed by atoms with E-state index in [1.54, 1.807) is 0 Å². The quantitative estimate of drug-likeness (QED) is 0.194. The molecule has 0 saturated heterocycles. The highest BCUT2D eigenvalue weighted by Crippen LogP contribution is 2.25. The van der Waals surface area contributed by atoms with Gasteiger partial charge in [0.2, 0.25) is 0 Å². The second-order valence-electron chi connectivity index (χ2n) is 9.00. The van der Waals surface area contributed by atoms with E-state index in [0.717, 1.165) is 54.7 Å². The first kappa shape index (κ1) is 26.7. The van der Waals surface area contributed by atoms with Crippen LogP contribution in [0, 0.1) is 0 Å². The second kappa shape index (κ2) is 15.1. The fourth-order valence-corrected chi connectivity index (χ4v) is 3.93. The summed E-state index contributed by atoms with van der Waals surface area (Å²) >= 11 is 0. The lowest BCUT2D eigenvalue weighted by atomic mass is 10.1. The molecule has 1 unspecified atom stereocenters. The van der Waals surface area contributed by atoms with Gasteiger partial charge in [0, 0.05) is 23.5 Å². The van der Waals surface area contributed by atoms with Gasteiger partial charge in [-0.3, -0.25) is 0 Å². The highest BCUT2D eigenvalue weighted by molar-refractivity contribution is 5.64. The fourth-order valence-electron chi connectivity index (χ4n) is 3.93. The van der Waals surface area contributed by atoms with Crippen molar-refractivity contribution < 1.29 is 13.9 Å². The maximum Gasteiger partial charge on any atom is 0.159 e. The average molecular weight is 479 g/mol. The fraction of sp³-hybridized carbons (Fsp3) is 0.467. The summed E-state index contributed by atoms with van der Waals surface area (Å²) in [5, 5.41) is 0. The minimum absolute atomic E-state index is 0.377. The molecule has 188 valence electrons. The summed E-state index contributed by atoms with van der Waals surface area (Å²) in [6.45, 7) is 4.67. The van der Waals surface area contributed by atoms with E-state index >= 15 is 0 Å². The van der Waals surface area contributed by atoms with Crippen molar-refractivity contribution in [1.82, 2.24) is 9.97 Å². The van der Waals surface area contributed by atoms with Crippen LogP contribution in [-0.2, 0) is 0 Å². The van der Waals surface area contributed by atoms with E-state index < -0.39 is 6.67 Å². The van der Waals surface area contributed by atoms with Crippen LogP contribution in [0.15, 0.2) is 60.9 Å². The molecule has 0 saturated carbocycles. The highest BCUT2D eigenvalue weighted by atomic mass is 19.1. The lowest BCUT2D eigenvalue weighted by Gasteiger charge is -2.16. The van der Waals surface area contributed by atoms with Crippen molar-refractivity contribution in [2.24, 2.45) is 0 Å².